The Morgan fingerprint density at radius 1 is 1.53 bits per heavy atom. The zero-order valence-electron chi connectivity index (χ0n) is 11.2. The lowest BCUT2D eigenvalue weighted by Gasteiger charge is -2.16. The number of rotatable bonds is 6. The quantitative estimate of drug-likeness (QED) is 0.775. The molecule has 0 aliphatic rings. The van der Waals surface area contributed by atoms with Gasteiger partial charge in [-0.25, -0.2) is 4.39 Å². The van der Waals surface area contributed by atoms with Crippen LogP contribution in [-0.2, 0) is 4.79 Å². The molecule has 1 unspecified atom stereocenters. The number of unbranched alkanes of at least 4 members (excludes halogenated alkanes) is 1. The van der Waals surface area contributed by atoms with Crippen molar-refractivity contribution < 1.29 is 9.18 Å². The van der Waals surface area contributed by atoms with Gasteiger partial charge in [-0.05, 0) is 31.5 Å². The molecule has 1 aromatic carbocycles. The minimum Gasteiger partial charge on any atom is -0.373 e. The summed E-state index contributed by atoms with van der Waals surface area (Å²) in [6.07, 6.45) is 1.94. The van der Waals surface area contributed by atoms with E-state index in [9.17, 15) is 9.18 Å². The number of nitrogens with zero attached hydrogens (tertiary/aromatic N) is 1. The average Bonchev–Trinajstić information content (AvgIpc) is 2.40. The maximum absolute atomic E-state index is 13.0. The van der Waals surface area contributed by atoms with Crippen LogP contribution >= 0.6 is 0 Å². The molecule has 1 amide bonds. The Hall–Kier alpha value is -2.09. The molecule has 0 aliphatic heterocycles. The minimum absolute atomic E-state index is 0.137. The van der Waals surface area contributed by atoms with Gasteiger partial charge in [0, 0.05) is 6.54 Å². The van der Waals surface area contributed by atoms with Crippen LogP contribution in [0, 0.1) is 17.1 Å². The van der Waals surface area contributed by atoms with Crippen molar-refractivity contribution in [2.24, 2.45) is 0 Å². The first-order valence-electron chi connectivity index (χ1n) is 6.32. The molecule has 1 atom stereocenters. The first-order valence-corrected chi connectivity index (χ1v) is 6.32. The highest BCUT2D eigenvalue weighted by Gasteiger charge is 2.13. The number of carbonyl (C=O) groups excluding carboxylic acids is 1. The van der Waals surface area contributed by atoms with Crippen molar-refractivity contribution in [3.63, 3.8) is 0 Å². The van der Waals surface area contributed by atoms with E-state index in [2.05, 4.69) is 10.6 Å². The van der Waals surface area contributed by atoms with Gasteiger partial charge in [0.25, 0.3) is 0 Å². The molecule has 0 saturated heterocycles. The van der Waals surface area contributed by atoms with E-state index in [1.807, 2.05) is 13.0 Å². The van der Waals surface area contributed by atoms with Crippen molar-refractivity contribution in [2.45, 2.75) is 32.7 Å². The molecule has 0 saturated carbocycles. The normalized spacial score (nSPS) is 11.5. The fourth-order valence-corrected chi connectivity index (χ4v) is 1.58. The average molecular weight is 263 g/mol. The molecule has 19 heavy (non-hydrogen) atoms. The number of hydrogen-bond acceptors (Lipinski definition) is 3. The van der Waals surface area contributed by atoms with E-state index >= 15 is 0 Å². The van der Waals surface area contributed by atoms with E-state index < -0.39 is 11.9 Å². The molecule has 1 rings (SSSR count). The zero-order valence-corrected chi connectivity index (χ0v) is 11.2. The van der Waals surface area contributed by atoms with Crippen molar-refractivity contribution >= 4 is 11.6 Å². The molecule has 0 radical (unpaired) electrons. The third-order valence-corrected chi connectivity index (χ3v) is 2.70. The fourth-order valence-electron chi connectivity index (χ4n) is 1.58. The molecule has 0 aliphatic carbocycles. The van der Waals surface area contributed by atoms with Crippen LogP contribution in [-0.4, -0.2) is 18.5 Å². The van der Waals surface area contributed by atoms with E-state index in [1.165, 1.54) is 12.1 Å². The monoisotopic (exact) mass is 263 g/mol. The molecule has 4 nitrogen and oxygen atoms in total. The lowest BCUT2D eigenvalue weighted by atomic mass is 10.1. The summed E-state index contributed by atoms with van der Waals surface area (Å²) >= 11 is 0. The molecule has 2 N–H and O–H groups in total. The highest BCUT2D eigenvalue weighted by molar-refractivity contribution is 5.84. The van der Waals surface area contributed by atoms with E-state index in [0.29, 0.717) is 12.2 Å². The van der Waals surface area contributed by atoms with Gasteiger partial charge in [0.05, 0.1) is 11.3 Å². The standard InChI is InChI=1S/C14H18FN3O/c1-3-4-7-17-14(19)10(2)18-13-6-5-12(15)8-11(13)9-16/h5-6,8,10,18H,3-4,7H2,1-2H3,(H,17,19). The first-order chi connectivity index (χ1) is 9.08. The van der Waals surface area contributed by atoms with E-state index in [-0.39, 0.29) is 11.5 Å². The second-order valence-electron chi connectivity index (χ2n) is 4.31. The molecule has 0 heterocycles. The Kier molecular flexibility index (Phi) is 5.80. The summed E-state index contributed by atoms with van der Waals surface area (Å²) in [6.45, 7) is 4.38. The van der Waals surface area contributed by atoms with Crippen molar-refractivity contribution in [3.05, 3.63) is 29.6 Å². The Bertz CT molecular complexity index is 482. The Balaban J connectivity index is 2.64. The third-order valence-electron chi connectivity index (χ3n) is 2.70. The van der Waals surface area contributed by atoms with Crippen molar-refractivity contribution in [3.8, 4) is 6.07 Å². The molecule has 0 spiro atoms. The van der Waals surface area contributed by atoms with Crippen LogP contribution in [0.15, 0.2) is 18.2 Å². The second kappa shape index (κ2) is 7.37. The molecule has 5 heteroatoms. The second-order valence-corrected chi connectivity index (χ2v) is 4.31. The van der Waals surface area contributed by atoms with Crippen LogP contribution in [0.25, 0.3) is 0 Å². The number of hydrogen-bond donors (Lipinski definition) is 2. The SMILES string of the molecule is CCCCNC(=O)C(C)Nc1ccc(F)cc1C#N. The topological polar surface area (TPSA) is 64.9 Å². The van der Waals surface area contributed by atoms with Gasteiger partial charge in [-0.2, -0.15) is 5.26 Å². The molecule has 0 fully saturated rings. The van der Waals surface area contributed by atoms with Crippen LogP contribution in [0.1, 0.15) is 32.3 Å². The summed E-state index contributed by atoms with van der Waals surface area (Å²) in [5.74, 6) is -0.608. The number of benzene rings is 1. The highest BCUT2D eigenvalue weighted by Crippen LogP contribution is 2.16. The van der Waals surface area contributed by atoms with E-state index in [4.69, 9.17) is 5.26 Å². The summed E-state index contributed by atoms with van der Waals surface area (Å²) < 4.78 is 13.0. The van der Waals surface area contributed by atoms with Gasteiger partial charge in [0.15, 0.2) is 0 Å². The van der Waals surface area contributed by atoms with Gasteiger partial charge in [-0.1, -0.05) is 13.3 Å². The zero-order chi connectivity index (χ0) is 14.3. The van der Waals surface area contributed by atoms with E-state index in [1.54, 1.807) is 6.92 Å². The summed E-state index contributed by atoms with van der Waals surface area (Å²) in [5.41, 5.74) is 0.648. The summed E-state index contributed by atoms with van der Waals surface area (Å²) in [7, 11) is 0. The maximum atomic E-state index is 13.0. The van der Waals surface area contributed by atoms with Crippen molar-refractivity contribution in [2.75, 3.05) is 11.9 Å². The van der Waals surface area contributed by atoms with E-state index in [0.717, 1.165) is 18.9 Å². The Morgan fingerprint density at radius 3 is 2.89 bits per heavy atom. The van der Waals surface area contributed by atoms with Gasteiger partial charge in [0.2, 0.25) is 5.91 Å². The van der Waals surface area contributed by atoms with Gasteiger partial charge in [-0.15, -0.1) is 0 Å². The van der Waals surface area contributed by atoms with Crippen molar-refractivity contribution in [1.82, 2.24) is 5.32 Å². The third kappa shape index (κ3) is 4.59. The molecular weight excluding hydrogens is 245 g/mol. The predicted octanol–water partition coefficient (Wildman–Crippen LogP) is 2.41. The Labute approximate surface area is 112 Å². The predicted molar refractivity (Wildman–Crippen MR) is 72.1 cm³/mol. The summed E-state index contributed by atoms with van der Waals surface area (Å²) in [4.78, 5) is 11.8. The number of nitrogens with one attached hydrogen (secondary N) is 2. The molecular formula is C14H18FN3O. The number of amides is 1. The smallest absolute Gasteiger partial charge is 0.242 e. The number of nitriles is 1. The summed E-state index contributed by atoms with van der Waals surface area (Å²) in [6, 6.07) is 5.28. The molecule has 102 valence electrons. The number of carbonyl (C=O) groups is 1. The van der Waals surface area contributed by atoms with Crippen LogP contribution in [0.3, 0.4) is 0 Å². The van der Waals surface area contributed by atoms with Crippen LogP contribution < -0.4 is 10.6 Å². The first kappa shape index (κ1) is 15.0. The molecule has 1 aromatic rings. The van der Waals surface area contributed by atoms with Gasteiger partial charge >= 0.3 is 0 Å². The number of halogens is 1. The van der Waals surface area contributed by atoms with Gasteiger partial charge < -0.3 is 10.6 Å². The lowest BCUT2D eigenvalue weighted by Crippen LogP contribution is -2.38. The van der Waals surface area contributed by atoms with Crippen molar-refractivity contribution in [1.29, 1.82) is 5.26 Å². The molecule has 0 aromatic heterocycles. The van der Waals surface area contributed by atoms with Crippen LogP contribution in [0.2, 0.25) is 0 Å². The number of anilines is 1. The minimum atomic E-state index is -0.477. The largest absolute Gasteiger partial charge is 0.373 e. The maximum Gasteiger partial charge on any atom is 0.242 e. The molecule has 0 bridgehead atoms. The fraction of sp³-hybridized carbons (Fsp3) is 0.429. The van der Waals surface area contributed by atoms with Gasteiger partial charge in [-0.3, -0.25) is 4.79 Å². The lowest BCUT2D eigenvalue weighted by molar-refractivity contribution is -0.121. The van der Waals surface area contributed by atoms with Gasteiger partial charge in [0.1, 0.15) is 17.9 Å². The van der Waals surface area contributed by atoms with Crippen LogP contribution in [0.5, 0.6) is 0 Å². The highest BCUT2D eigenvalue weighted by atomic mass is 19.1. The summed E-state index contributed by atoms with van der Waals surface area (Å²) in [5, 5.41) is 14.6. The Morgan fingerprint density at radius 2 is 2.26 bits per heavy atom. The van der Waals surface area contributed by atoms with Crippen LogP contribution in [0.4, 0.5) is 10.1 Å².